The minimum Gasteiger partial charge on any atom is -0.511 e. The number of rotatable bonds is 7. The van der Waals surface area contributed by atoms with Gasteiger partial charge >= 0.3 is 0 Å². The number of hydrogen-bond donors (Lipinski definition) is 1. The first-order valence-electron chi connectivity index (χ1n) is 8.34. The van der Waals surface area contributed by atoms with Crippen molar-refractivity contribution in [3.8, 4) is 0 Å². The topological polar surface area (TPSA) is 70.0 Å². The van der Waals surface area contributed by atoms with Crippen LogP contribution in [0.1, 0.15) is 18.4 Å². The van der Waals surface area contributed by atoms with Crippen molar-refractivity contribution in [3.63, 3.8) is 0 Å². The van der Waals surface area contributed by atoms with Gasteiger partial charge in [0.1, 0.15) is 17.4 Å². The number of ketones is 2. The van der Waals surface area contributed by atoms with Gasteiger partial charge in [0.15, 0.2) is 5.78 Å². The molecule has 140 valence electrons. The predicted octanol–water partition coefficient (Wildman–Crippen LogP) is 3.01. The Morgan fingerprint density at radius 1 is 1.42 bits per heavy atom. The van der Waals surface area contributed by atoms with Crippen LogP contribution in [0.3, 0.4) is 0 Å². The zero-order valence-electron chi connectivity index (χ0n) is 14.8. The molecule has 2 rings (SSSR count). The summed E-state index contributed by atoms with van der Waals surface area (Å²) in [6.45, 7) is 1.23. The van der Waals surface area contributed by atoms with Crippen LogP contribution >= 0.6 is 11.6 Å². The Morgan fingerprint density at radius 3 is 2.81 bits per heavy atom. The third kappa shape index (κ3) is 5.47. The Morgan fingerprint density at radius 2 is 2.15 bits per heavy atom. The Bertz CT molecular complexity index is 759. The molecule has 0 aromatic heterocycles. The fourth-order valence-electron chi connectivity index (χ4n) is 2.71. The zero-order valence-corrected chi connectivity index (χ0v) is 15.6. The number of allylic oxidation sites excluding steroid dienone is 2. The minimum atomic E-state index is -0.667. The van der Waals surface area contributed by atoms with E-state index in [2.05, 4.69) is 4.99 Å². The smallest absolute Gasteiger partial charge is 0.168 e. The third-order valence-corrected chi connectivity index (χ3v) is 4.44. The molecule has 7 heteroatoms. The molecule has 0 fully saturated rings. The maximum Gasteiger partial charge on any atom is 0.168 e. The summed E-state index contributed by atoms with van der Waals surface area (Å²) in [5, 5.41) is 10.5. The van der Waals surface area contributed by atoms with Gasteiger partial charge in [-0.15, -0.1) is 0 Å². The van der Waals surface area contributed by atoms with E-state index in [1.807, 2.05) is 19.0 Å². The van der Waals surface area contributed by atoms with E-state index in [1.165, 1.54) is 24.4 Å². The fourth-order valence-corrected chi connectivity index (χ4v) is 2.90. The van der Waals surface area contributed by atoms with Crippen molar-refractivity contribution in [3.05, 3.63) is 45.9 Å². The molecule has 5 nitrogen and oxygen atoms in total. The molecule has 1 aliphatic carbocycles. The average molecular weight is 381 g/mol. The molecule has 1 N–H and O–H groups in total. The van der Waals surface area contributed by atoms with Gasteiger partial charge in [-0.25, -0.2) is 4.39 Å². The van der Waals surface area contributed by atoms with Gasteiger partial charge in [0.05, 0.1) is 12.1 Å². The van der Waals surface area contributed by atoms with Gasteiger partial charge in [-0.3, -0.25) is 14.6 Å². The van der Waals surface area contributed by atoms with Crippen LogP contribution in [0, 0.1) is 11.7 Å². The molecular formula is C19H22ClFN2O3. The molecule has 1 aromatic rings. The lowest BCUT2D eigenvalue weighted by molar-refractivity contribution is -0.127. The van der Waals surface area contributed by atoms with Gasteiger partial charge in [-0.1, -0.05) is 11.6 Å². The molecule has 0 bridgehead atoms. The highest BCUT2D eigenvalue weighted by molar-refractivity contribution is 6.30. The van der Waals surface area contributed by atoms with Gasteiger partial charge in [0.25, 0.3) is 0 Å². The number of aliphatic imine (C=N–C) groups is 1. The van der Waals surface area contributed by atoms with E-state index in [-0.39, 0.29) is 47.7 Å². The van der Waals surface area contributed by atoms with Crippen molar-refractivity contribution in [2.75, 3.05) is 27.2 Å². The Hall–Kier alpha value is -2.05. The van der Waals surface area contributed by atoms with E-state index < -0.39 is 11.7 Å². The molecule has 1 atom stereocenters. The van der Waals surface area contributed by atoms with E-state index in [9.17, 15) is 19.1 Å². The van der Waals surface area contributed by atoms with Gasteiger partial charge in [0.2, 0.25) is 0 Å². The monoisotopic (exact) mass is 380 g/mol. The molecule has 1 aliphatic rings. The van der Waals surface area contributed by atoms with Crippen molar-refractivity contribution in [1.82, 2.24) is 4.90 Å². The SMILES string of the molecule is CN(C)CCN=CC1=C(O)CC(C(=O)Cc2cc(Cl)ccc2F)CC1=O. The van der Waals surface area contributed by atoms with E-state index in [0.29, 0.717) is 11.6 Å². The van der Waals surface area contributed by atoms with Crippen LogP contribution in [0.2, 0.25) is 5.02 Å². The standard InChI is InChI=1S/C19H22ClFN2O3/c1-23(2)6-5-22-11-15-18(25)9-13(10-19(15)26)17(24)8-12-7-14(20)3-4-16(12)21/h3-4,7,11,13,25H,5-6,8-10H2,1-2H3. The Balaban J connectivity index is 2.04. The van der Waals surface area contributed by atoms with Crippen molar-refractivity contribution in [2.24, 2.45) is 10.9 Å². The molecule has 0 saturated heterocycles. The van der Waals surface area contributed by atoms with Gasteiger partial charge < -0.3 is 10.0 Å². The van der Waals surface area contributed by atoms with Crippen molar-refractivity contribution in [1.29, 1.82) is 0 Å². The molecule has 26 heavy (non-hydrogen) atoms. The van der Waals surface area contributed by atoms with E-state index in [0.717, 1.165) is 6.54 Å². The number of benzene rings is 1. The predicted molar refractivity (Wildman–Crippen MR) is 99.4 cm³/mol. The molecule has 0 spiro atoms. The normalized spacial score (nSPS) is 18.2. The van der Waals surface area contributed by atoms with Crippen LogP contribution in [0.5, 0.6) is 0 Å². The summed E-state index contributed by atoms with van der Waals surface area (Å²) >= 11 is 5.83. The highest BCUT2D eigenvalue weighted by atomic mass is 35.5. The number of carbonyl (C=O) groups excluding carboxylic acids is 2. The quantitative estimate of drug-likeness (QED) is 0.738. The zero-order chi connectivity index (χ0) is 19.3. The number of nitrogens with zero attached hydrogens (tertiary/aromatic N) is 2. The first-order chi connectivity index (χ1) is 12.3. The number of carbonyl (C=O) groups is 2. The van der Waals surface area contributed by atoms with E-state index >= 15 is 0 Å². The van der Waals surface area contributed by atoms with Gasteiger partial charge in [-0.2, -0.15) is 0 Å². The number of likely N-dealkylation sites (N-methyl/N-ethyl adjacent to an activating group) is 1. The molecule has 0 saturated carbocycles. The van der Waals surface area contributed by atoms with Crippen molar-refractivity contribution in [2.45, 2.75) is 19.3 Å². The summed E-state index contributed by atoms with van der Waals surface area (Å²) in [5.74, 6) is -1.94. The van der Waals surface area contributed by atoms with Crippen LogP contribution in [0.25, 0.3) is 0 Å². The Labute approximate surface area is 157 Å². The molecule has 0 amide bonds. The number of aliphatic hydroxyl groups is 1. The largest absolute Gasteiger partial charge is 0.511 e. The molecule has 0 radical (unpaired) electrons. The summed E-state index contributed by atoms with van der Waals surface area (Å²) in [7, 11) is 3.83. The first-order valence-corrected chi connectivity index (χ1v) is 8.72. The highest BCUT2D eigenvalue weighted by Gasteiger charge is 2.31. The lowest BCUT2D eigenvalue weighted by atomic mass is 9.83. The number of halogens is 2. The van der Waals surface area contributed by atoms with Crippen LogP contribution in [-0.4, -0.2) is 55.0 Å². The molecule has 1 aromatic carbocycles. The second-order valence-electron chi connectivity index (χ2n) is 6.61. The first kappa shape index (κ1) is 20.3. The maximum absolute atomic E-state index is 13.8. The summed E-state index contributed by atoms with van der Waals surface area (Å²) < 4.78 is 13.8. The molecule has 0 heterocycles. The third-order valence-electron chi connectivity index (χ3n) is 4.21. The number of Topliss-reactive ketones (excluding diaryl/α,β-unsaturated/α-hetero) is 2. The lowest BCUT2D eigenvalue weighted by Crippen LogP contribution is -2.27. The van der Waals surface area contributed by atoms with Crippen LogP contribution < -0.4 is 0 Å². The second-order valence-corrected chi connectivity index (χ2v) is 7.04. The summed E-state index contributed by atoms with van der Waals surface area (Å²) in [6.07, 6.45) is 1.25. The number of aliphatic hydroxyl groups excluding tert-OH is 1. The van der Waals surface area contributed by atoms with Crippen molar-refractivity contribution < 1.29 is 19.1 Å². The highest BCUT2D eigenvalue weighted by Crippen LogP contribution is 2.27. The van der Waals surface area contributed by atoms with Crippen LogP contribution in [-0.2, 0) is 16.0 Å². The average Bonchev–Trinajstić information content (AvgIpc) is 2.56. The second kappa shape index (κ2) is 9.05. The van der Waals surface area contributed by atoms with E-state index in [1.54, 1.807) is 0 Å². The van der Waals surface area contributed by atoms with Crippen LogP contribution in [0.4, 0.5) is 4.39 Å². The summed E-state index contributed by atoms with van der Waals surface area (Å²) in [6, 6.07) is 4.01. The molecular weight excluding hydrogens is 359 g/mol. The fraction of sp³-hybridized carbons (Fsp3) is 0.421. The Kier molecular flexibility index (Phi) is 7.06. The van der Waals surface area contributed by atoms with Crippen molar-refractivity contribution >= 4 is 29.4 Å². The molecule has 1 unspecified atom stereocenters. The maximum atomic E-state index is 13.8. The van der Waals surface area contributed by atoms with Crippen LogP contribution in [0.15, 0.2) is 34.5 Å². The van der Waals surface area contributed by atoms with E-state index in [4.69, 9.17) is 11.6 Å². The van der Waals surface area contributed by atoms with Gasteiger partial charge in [0, 0.05) is 43.0 Å². The molecule has 0 aliphatic heterocycles. The summed E-state index contributed by atoms with van der Waals surface area (Å²) in [4.78, 5) is 30.8. The summed E-state index contributed by atoms with van der Waals surface area (Å²) in [5.41, 5.74) is 0.344. The van der Waals surface area contributed by atoms with Gasteiger partial charge in [-0.05, 0) is 37.9 Å². The minimum absolute atomic E-state index is 0.0138. The lowest BCUT2D eigenvalue weighted by Gasteiger charge is -2.21. The number of hydrogen-bond acceptors (Lipinski definition) is 5.